The van der Waals surface area contributed by atoms with E-state index in [9.17, 15) is 4.79 Å². The fourth-order valence-corrected chi connectivity index (χ4v) is 2.48. The fraction of sp³-hybridized carbons (Fsp3) is 0.333. The van der Waals surface area contributed by atoms with E-state index in [0.29, 0.717) is 5.92 Å². The Balaban J connectivity index is 2.10. The summed E-state index contributed by atoms with van der Waals surface area (Å²) in [7, 11) is 0. The number of nitrogens with zero attached hydrogens (tertiary/aromatic N) is 2. The lowest BCUT2D eigenvalue weighted by atomic mass is 10.0. The molecule has 0 saturated carbocycles. The zero-order chi connectivity index (χ0) is 12.5. The van der Waals surface area contributed by atoms with Gasteiger partial charge in [-0.25, -0.2) is 4.98 Å². The van der Waals surface area contributed by atoms with Gasteiger partial charge in [0.1, 0.15) is 5.82 Å². The van der Waals surface area contributed by atoms with Crippen molar-refractivity contribution in [3.63, 3.8) is 0 Å². The highest BCUT2D eigenvalue weighted by atomic mass is 16.1. The molecule has 18 heavy (non-hydrogen) atoms. The lowest BCUT2D eigenvalue weighted by Crippen LogP contribution is -2.31. The molecule has 2 heterocycles. The molecule has 3 rings (SSSR count). The Morgan fingerprint density at radius 2 is 2.06 bits per heavy atom. The third-order valence-electron chi connectivity index (χ3n) is 3.51. The highest BCUT2D eigenvalue weighted by Gasteiger charge is 2.17. The van der Waals surface area contributed by atoms with E-state index in [0.717, 1.165) is 36.5 Å². The number of fused-ring (bicyclic) bond motifs is 1. The predicted molar refractivity (Wildman–Crippen MR) is 71.4 cm³/mol. The second kappa shape index (κ2) is 4.41. The average molecular weight is 240 g/mol. The molecule has 2 aromatic rings. The maximum Gasteiger partial charge on any atom is 0.254 e. The van der Waals surface area contributed by atoms with Gasteiger partial charge in [-0.15, -0.1) is 0 Å². The summed E-state index contributed by atoms with van der Waals surface area (Å²) in [6.07, 6.45) is 2.02. The minimum atomic E-state index is 0.0744. The van der Waals surface area contributed by atoms with Crippen LogP contribution in [0.25, 0.3) is 11.3 Å². The molecule has 92 valence electrons. The zero-order valence-corrected chi connectivity index (χ0v) is 10.5. The third kappa shape index (κ3) is 1.96. The SMILES string of the molecule is C[C@@H]1CCc2nc(-c3ccccc3)cc(=O)n2C1. The molecule has 3 heteroatoms. The molecule has 0 amide bonds. The maximum atomic E-state index is 12.1. The van der Waals surface area contributed by atoms with Crippen LogP contribution in [0, 0.1) is 5.92 Å². The number of aromatic nitrogens is 2. The van der Waals surface area contributed by atoms with Gasteiger partial charge in [-0.3, -0.25) is 9.36 Å². The van der Waals surface area contributed by atoms with Crippen molar-refractivity contribution in [2.75, 3.05) is 0 Å². The first kappa shape index (κ1) is 11.2. The van der Waals surface area contributed by atoms with Gasteiger partial charge in [-0.2, -0.15) is 0 Å². The van der Waals surface area contributed by atoms with E-state index in [2.05, 4.69) is 11.9 Å². The normalized spacial score (nSPS) is 18.4. The first-order valence-electron chi connectivity index (χ1n) is 6.40. The summed E-state index contributed by atoms with van der Waals surface area (Å²) in [4.78, 5) is 16.8. The smallest absolute Gasteiger partial charge is 0.254 e. The van der Waals surface area contributed by atoms with Crippen molar-refractivity contribution in [2.24, 2.45) is 5.92 Å². The highest BCUT2D eigenvalue weighted by Crippen LogP contribution is 2.20. The van der Waals surface area contributed by atoms with Gasteiger partial charge in [0.25, 0.3) is 5.56 Å². The molecule has 1 aliphatic rings. The van der Waals surface area contributed by atoms with Crippen molar-refractivity contribution in [1.82, 2.24) is 9.55 Å². The van der Waals surface area contributed by atoms with Crippen molar-refractivity contribution in [3.05, 3.63) is 52.6 Å². The van der Waals surface area contributed by atoms with Crippen molar-refractivity contribution >= 4 is 0 Å². The van der Waals surface area contributed by atoms with Crippen LogP contribution in [0.4, 0.5) is 0 Å². The van der Waals surface area contributed by atoms with Crippen LogP contribution < -0.4 is 5.56 Å². The Morgan fingerprint density at radius 3 is 2.83 bits per heavy atom. The number of aryl methyl sites for hydroxylation is 1. The van der Waals surface area contributed by atoms with Crippen LogP contribution in [-0.2, 0) is 13.0 Å². The van der Waals surface area contributed by atoms with Gasteiger partial charge >= 0.3 is 0 Å². The highest BCUT2D eigenvalue weighted by molar-refractivity contribution is 5.58. The molecule has 0 bridgehead atoms. The van der Waals surface area contributed by atoms with Crippen LogP contribution in [0.5, 0.6) is 0 Å². The average Bonchev–Trinajstić information content (AvgIpc) is 2.40. The van der Waals surface area contributed by atoms with Crippen molar-refractivity contribution in [2.45, 2.75) is 26.3 Å². The minimum absolute atomic E-state index is 0.0744. The molecule has 0 fully saturated rings. The van der Waals surface area contributed by atoms with Crippen LogP contribution in [0.2, 0.25) is 0 Å². The maximum absolute atomic E-state index is 12.1. The first-order chi connectivity index (χ1) is 8.74. The minimum Gasteiger partial charge on any atom is -0.296 e. The summed E-state index contributed by atoms with van der Waals surface area (Å²) in [6.45, 7) is 2.98. The van der Waals surface area contributed by atoms with E-state index in [-0.39, 0.29) is 5.56 Å². The molecule has 0 saturated heterocycles. The van der Waals surface area contributed by atoms with Crippen LogP contribution in [-0.4, -0.2) is 9.55 Å². The second-order valence-corrected chi connectivity index (χ2v) is 5.02. The van der Waals surface area contributed by atoms with Crippen LogP contribution in [0.15, 0.2) is 41.2 Å². The standard InChI is InChI=1S/C15H16N2O/c1-11-7-8-14-16-13(9-15(18)17(14)10-11)12-5-3-2-4-6-12/h2-6,9,11H,7-8,10H2,1H3/t11-/m1/s1. The summed E-state index contributed by atoms with van der Waals surface area (Å²) >= 11 is 0. The third-order valence-corrected chi connectivity index (χ3v) is 3.51. The largest absolute Gasteiger partial charge is 0.296 e. The molecule has 3 nitrogen and oxygen atoms in total. The Morgan fingerprint density at radius 1 is 1.28 bits per heavy atom. The summed E-state index contributed by atoms with van der Waals surface area (Å²) in [5.74, 6) is 1.50. The molecular weight excluding hydrogens is 224 g/mol. The molecule has 0 spiro atoms. The first-order valence-corrected chi connectivity index (χ1v) is 6.40. The molecule has 1 atom stereocenters. The predicted octanol–water partition coefficient (Wildman–Crippen LogP) is 2.49. The van der Waals surface area contributed by atoms with Gasteiger partial charge in [-0.05, 0) is 12.3 Å². The van der Waals surface area contributed by atoms with Gasteiger partial charge in [0.05, 0.1) is 5.69 Å². The van der Waals surface area contributed by atoms with Gasteiger partial charge in [0, 0.05) is 24.6 Å². The summed E-state index contributed by atoms with van der Waals surface area (Å²) in [5, 5.41) is 0. The second-order valence-electron chi connectivity index (χ2n) is 5.02. The van der Waals surface area contributed by atoms with Crippen LogP contribution in [0.1, 0.15) is 19.2 Å². The number of hydrogen-bond acceptors (Lipinski definition) is 2. The fourth-order valence-electron chi connectivity index (χ4n) is 2.48. The number of benzene rings is 1. The summed E-state index contributed by atoms with van der Waals surface area (Å²) in [5.41, 5.74) is 1.88. The number of hydrogen-bond donors (Lipinski definition) is 0. The monoisotopic (exact) mass is 240 g/mol. The molecule has 0 N–H and O–H groups in total. The topological polar surface area (TPSA) is 34.9 Å². The van der Waals surface area contributed by atoms with Crippen LogP contribution in [0.3, 0.4) is 0 Å². The van der Waals surface area contributed by atoms with Crippen molar-refractivity contribution in [3.8, 4) is 11.3 Å². The molecule has 0 unspecified atom stereocenters. The van der Waals surface area contributed by atoms with E-state index in [1.165, 1.54) is 0 Å². The Bertz CT molecular complexity index is 616. The van der Waals surface area contributed by atoms with E-state index in [1.54, 1.807) is 6.07 Å². The molecule has 1 aromatic heterocycles. The lowest BCUT2D eigenvalue weighted by molar-refractivity contribution is 0.379. The summed E-state index contributed by atoms with van der Waals surface area (Å²) < 4.78 is 1.82. The van der Waals surface area contributed by atoms with E-state index >= 15 is 0 Å². The Hall–Kier alpha value is -1.90. The van der Waals surface area contributed by atoms with Crippen LogP contribution >= 0.6 is 0 Å². The van der Waals surface area contributed by atoms with Crippen molar-refractivity contribution in [1.29, 1.82) is 0 Å². The zero-order valence-electron chi connectivity index (χ0n) is 10.5. The lowest BCUT2D eigenvalue weighted by Gasteiger charge is -2.22. The summed E-state index contributed by atoms with van der Waals surface area (Å²) in [6, 6.07) is 11.5. The Labute approximate surface area is 106 Å². The van der Waals surface area contributed by atoms with Gasteiger partial charge in [-0.1, -0.05) is 37.3 Å². The Kier molecular flexibility index (Phi) is 2.74. The van der Waals surface area contributed by atoms with E-state index in [1.807, 2.05) is 34.9 Å². The number of rotatable bonds is 1. The van der Waals surface area contributed by atoms with Gasteiger partial charge in [0.2, 0.25) is 0 Å². The van der Waals surface area contributed by atoms with E-state index < -0.39 is 0 Å². The molecule has 0 radical (unpaired) electrons. The molecular formula is C15H16N2O. The van der Waals surface area contributed by atoms with Gasteiger partial charge < -0.3 is 0 Å². The molecule has 1 aliphatic heterocycles. The van der Waals surface area contributed by atoms with E-state index in [4.69, 9.17) is 0 Å². The quantitative estimate of drug-likeness (QED) is 0.767. The van der Waals surface area contributed by atoms with Crippen molar-refractivity contribution < 1.29 is 0 Å². The molecule has 0 aliphatic carbocycles. The molecule has 1 aromatic carbocycles. The van der Waals surface area contributed by atoms with Gasteiger partial charge in [0.15, 0.2) is 0 Å².